The van der Waals surface area contributed by atoms with Crippen LogP contribution in [-0.2, 0) is 19.1 Å². The lowest BCUT2D eigenvalue weighted by Crippen LogP contribution is -2.34. The summed E-state index contributed by atoms with van der Waals surface area (Å²) >= 11 is 0. The highest BCUT2D eigenvalue weighted by molar-refractivity contribution is 5.84. The molecule has 0 amide bonds. The van der Waals surface area contributed by atoms with Crippen LogP contribution in [-0.4, -0.2) is 26.2 Å². The zero-order valence-corrected chi connectivity index (χ0v) is 8.80. The lowest BCUT2D eigenvalue weighted by Gasteiger charge is -2.23. The zero-order valence-electron chi connectivity index (χ0n) is 8.80. The second-order valence-electron chi connectivity index (χ2n) is 4.05. The summed E-state index contributed by atoms with van der Waals surface area (Å²) in [6, 6.07) is 0. The van der Waals surface area contributed by atoms with E-state index in [1.54, 1.807) is 0 Å². The Morgan fingerprint density at radius 3 is 1.73 bits per heavy atom. The molecule has 0 heterocycles. The SMILES string of the molecule is COC(=O)C1[C@H]2C=C[C@H](C2)[C@H]1C(=O)OC. The van der Waals surface area contributed by atoms with E-state index in [4.69, 9.17) is 9.47 Å². The van der Waals surface area contributed by atoms with Crippen LogP contribution in [0.2, 0.25) is 0 Å². The van der Waals surface area contributed by atoms with Gasteiger partial charge in [-0.3, -0.25) is 9.59 Å². The van der Waals surface area contributed by atoms with E-state index in [1.165, 1.54) is 14.2 Å². The second-order valence-corrected chi connectivity index (χ2v) is 4.05. The van der Waals surface area contributed by atoms with Crippen LogP contribution in [0.25, 0.3) is 0 Å². The maximum atomic E-state index is 11.6. The average Bonchev–Trinajstić information content (AvgIpc) is 2.86. The Hall–Kier alpha value is -1.32. The number of methoxy groups -OCH3 is 2. The van der Waals surface area contributed by atoms with Crippen molar-refractivity contribution >= 4 is 11.9 Å². The maximum Gasteiger partial charge on any atom is 0.310 e. The van der Waals surface area contributed by atoms with Gasteiger partial charge in [-0.25, -0.2) is 0 Å². The van der Waals surface area contributed by atoms with E-state index < -0.39 is 0 Å². The number of carbonyl (C=O) groups excluding carboxylic acids is 2. The molecule has 4 heteroatoms. The van der Waals surface area contributed by atoms with E-state index in [0.717, 1.165) is 6.42 Å². The summed E-state index contributed by atoms with van der Waals surface area (Å²) in [4.78, 5) is 23.1. The van der Waals surface area contributed by atoms with Gasteiger partial charge in [-0.1, -0.05) is 12.2 Å². The maximum absolute atomic E-state index is 11.6. The molecule has 82 valence electrons. The molecule has 0 spiro atoms. The smallest absolute Gasteiger partial charge is 0.310 e. The molecule has 0 radical (unpaired) electrons. The van der Waals surface area contributed by atoms with Crippen LogP contribution < -0.4 is 0 Å². The summed E-state index contributed by atoms with van der Waals surface area (Å²) in [6.45, 7) is 0. The molecule has 0 N–H and O–H groups in total. The molecule has 2 bridgehead atoms. The Balaban J connectivity index is 2.24. The van der Waals surface area contributed by atoms with Crippen molar-refractivity contribution < 1.29 is 19.1 Å². The van der Waals surface area contributed by atoms with Gasteiger partial charge in [0.1, 0.15) is 0 Å². The Kier molecular flexibility index (Phi) is 2.50. The minimum atomic E-state index is -0.350. The predicted molar refractivity (Wildman–Crippen MR) is 51.7 cm³/mol. The second kappa shape index (κ2) is 3.68. The van der Waals surface area contributed by atoms with Crippen LogP contribution in [0.5, 0.6) is 0 Å². The number of allylic oxidation sites excluding steroid dienone is 2. The number of hydrogen-bond donors (Lipinski definition) is 0. The number of carbonyl (C=O) groups is 2. The molecular formula is C11H14O4. The van der Waals surface area contributed by atoms with E-state index in [1.807, 2.05) is 12.2 Å². The summed E-state index contributed by atoms with van der Waals surface area (Å²) in [6.07, 6.45) is 4.87. The largest absolute Gasteiger partial charge is 0.469 e. The van der Waals surface area contributed by atoms with Crippen molar-refractivity contribution in [1.29, 1.82) is 0 Å². The van der Waals surface area contributed by atoms with E-state index in [-0.39, 0.29) is 35.6 Å². The van der Waals surface area contributed by atoms with Crippen LogP contribution in [0.3, 0.4) is 0 Å². The molecule has 4 atom stereocenters. The number of ether oxygens (including phenoxy) is 2. The molecule has 4 nitrogen and oxygen atoms in total. The van der Waals surface area contributed by atoms with Crippen LogP contribution >= 0.6 is 0 Å². The van der Waals surface area contributed by atoms with Crippen molar-refractivity contribution in [1.82, 2.24) is 0 Å². The quantitative estimate of drug-likeness (QED) is 0.499. The molecule has 2 rings (SSSR count). The van der Waals surface area contributed by atoms with Crippen molar-refractivity contribution in [3.63, 3.8) is 0 Å². The zero-order chi connectivity index (χ0) is 11.0. The van der Waals surface area contributed by atoms with E-state index >= 15 is 0 Å². The lowest BCUT2D eigenvalue weighted by atomic mass is 9.83. The fourth-order valence-corrected chi connectivity index (χ4v) is 2.74. The van der Waals surface area contributed by atoms with Gasteiger partial charge < -0.3 is 9.47 Å². The van der Waals surface area contributed by atoms with Gasteiger partial charge in [-0.2, -0.15) is 0 Å². The van der Waals surface area contributed by atoms with E-state index in [0.29, 0.717) is 0 Å². The summed E-state index contributed by atoms with van der Waals surface area (Å²) in [5.41, 5.74) is 0. The summed E-state index contributed by atoms with van der Waals surface area (Å²) in [7, 11) is 2.71. The van der Waals surface area contributed by atoms with Crippen molar-refractivity contribution in [2.45, 2.75) is 6.42 Å². The minimum absolute atomic E-state index is 0.145. The molecule has 0 aromatic carbocycles. The van der Waals surface area contributed by atoms with Gasteiger partial charge in [0.25, 0.3) is 0 Å². The average molecular weight is 210 g/mol. The number of rotatable bonds is 2. The molecule has 0 aliphatic heterocycles. The summed E-state index contributed by atoms with van der Waals surface area (Å²) in [5.74, 6) is -1.02. The third-order valence-corrected chi connectivity index (χ3v) is 3.41. The van der Waals surface area contributed by atoms with Crippen LogP contribution in [0.15, 0.2) is 12.2 Å². The molecule has 15 heavy (non-hydrogen) atoms. The third-order valence-electron chi connectivity index (χ3n) is 3.41. The molecular weight excluding hydrogens is 196 g/mol. The topological polar surface area (TPSA) is 52.6 Å². The first-order valence-corrected chi connectivity index (χ1v) is 5.03. The standard InChI is InChI=1S/C11H14O4/c1-14-10(12)8-6-3-4-7(5-6)9(8)11(13)15-2/h3-4,6-9H,5H2,1-2H3/t6-,7+,8-,9?/m1/s1. The van der Waals surface area contributed by atoms with Gasteiger partial charge in [-0.15, -0.1) is 0 Å². The molecule has 1 fully saturated rings. The number of esters is 2. The fraction of sp³-hybridized carbons (Fsp3) is 0.636. The first kappa shape index (κ1) is 10.2. The van der Waals surface area contributed by atoms with Crippen LogP contribution in [0, 0.1) is 23.7 Å². The number of fused-ring (bicyclic) bond motifs is 2. The van der Waals surface area contributed by atoms with Crippen LogP contribution in [0.4, 0.5) is 0 Å². The molecule has 0 aromatic rings. The predicted octanol–water partition coefficient (Wildman–Crippen LogP) is 0.771. The highest BCUT2D eigenvalue weighted by atomic mass is 16.5. The van der Waals surface area contributed by atoms with Gasteiger partial charge in [0.15, 0.2) is 0 Å². The molecule has 2 aliphatic rings. The van der Waals surface area contributed by atoms with E-state index in [9.17, 15) is 9.59 Å². The van der Waals surface area contributed by atoms with Crippen molar-refractivity contribution in [2.24, 2.45) is 23.7 Å². The Labute approximate surface area is 88.2 Å². The Morgan fingerprint density at radius 2 is 1.40 bits per heavy atom. The van der Waals surface area contributed by atoms with Crippen molar-refractivity contribution in [3.8, 4) is 0 Å². The first-order valence-electron chi connectivity index (χ1n) is 5.03. The van der Waals surface area contributed by atoms with Crippen molar-refractivity contribution in [3.05, 3.63) is 12.2 Å². The van der Waals surface area contributed by atoms with Gasteiger partial charge in [0.2, 0.25) is 0 Å². The third kappa shape index (κ3) is 1.44. The minimum Gasteiger partial charge on any atom is -0.469 e. The van der Waals surface area contributed by atoms with Gasteiger partial charge >= 0.3 is 11.9 Å². The highest BCUT2D eigenvalue weighted by Gasteiger charge is 2.52. The molecule has 1 unspecified atom stereocenters. The van der Waals surface area contributed by atoms with E-state index in [2.05, 4.69) is 0 Å². The molecule has 0 aromatic heterocycles. The fourth-order valence-electron chi connectivity index (χ4n) is 2.74. The van der Waals surface area contributed by atoms with Gasteiger partial charge in [0.05, 0.1) is 26.1 Å². The van der Waals surface area contributed by atoms with Crippen molar-refractivity contribution in [2.75, 3.05) is 14.2 Å². The summed E-state index contributed by atoms with van der Waals surface area (Å²) < 4.78 is 9.46. The Bertz CT molecular complexity index is 291. The highest BCUT2D eigenvalue weighted by Crippen LogP contribution is 2.48. The lowest BCUT2D eigenvalue weighted by molar-refractivity contribution is -0.158. The number of hydrogen-bond acceptors (Lipinski definition) is 4. The Morgan fingerprint density at radius 1 is 1.00 bits per heavy atom. The first-order chi connectivity index (χ1) is 7.19. The monoisotopic (exact) mass is 210 g/mol. The summed E-state index contributed by atoms with van der Waals surface area (Å²) in [5, 5.41) is 0. The van der Waals surface area contributed by atoms with Crippen LogP contribution in [0.1, 0.15) is 6.42 Å². The molecule has 2 aliphatic carbocycles. The normalized spacial score (nSPS) is 36.7. The van der Waals surface area contributed by atoms with Gasteiger partial charge in [0, 0.05) is 0 Å². The van der Waals surface area contributed by atoms with Gasteiger partial charge in [-0.05, 0) is 18.3 Å². The molecule has 1 saturated carbocycles. The molecule has 0 saturated heterocycles.